The molecule has 144 valence electrons. The number of methoxy groups -OCH3 is 2. The van der Waals surface area contributed by atoms with E-state index in [-0.39, 0.29) is 17.6 Å². The van der Waals surface area contributed by atoms with E-state index < -0.39 is 0 Å². The molecule has 2 heterocycles. The first-order chi connectivity index (χ1) is 12.4. The van der Waals surface area contributed by atoms with Crippen molar-refractivity contribution in [3.8, 4) is 11.5 Å². The summed E-state index contributed by atoms with van der Waals surface area (Å²) in [5.74, 6) is 1.82. The molecule has 3 rings (SSSR count). The summed E-state index contributed by atoms with van der Waals surface area (Å²) >= 11 is 0. The average molecular weight is 362 g/mol. The number of carbonyl (C=O) groups excluding carboxylic acids is 1. The van der Waals surface area contributed by atoms with Gasteiger partial charge in [0.15, 0.2) is 0 Å². The maximum absolute atomic E-state index is 12.9. The van der Waals surface area contributed by atoms with E-state index in [4.69, 9.17) is 14.2 Å². The van der Waals surface area contributed by atoms with Crippen molar-refractivity contribution in [1.82, 2.24) is 9.80 Å². The smallest absolute Gasteiger partial charge is 0.226 e. The van der Waals surface area contributed by atoms with Crippen molar-refractivity contribution in [3.63, 3.8) is 0 Å². The van der Waals surface area contributed by atoms with Crippen LogP contribution in [-0.4, -0.2) is 61.9 Å². The van der Waals surface area contributed by atoms with Crippen LogP contribution in [-0.2, 0) is 16.1 Å². The molecule has 2 saturated heterocycles. The van der Waals surface area contributed by atoms with E-state index in [1.54, 1.807) is 14.2 Å². The first-order valence-electron chi connectivity index (χ1n) is 9.22. The van der Waals surface area contributed by atoms with Crippen LogP contribution in [0, 0.1) is 5.92 Å². The van der Waals surface area contributed by atoms with Crippen LogP contribution in [0.3, 0.4) is 0 Å². The molecule has 2 unspecified atom stereocenters. The highest BCUT2D eigenvalue weighted by Gasteiger charge is 2.41. The number of benzene rings is 1. The number of amides is 1. The lowest BCUT2D eigenvalue weighted by molar-refractivity contribution is -0.132. The molecule has 0 radical (unpaired) electrons. The maximum Gasteiger partial charge on any atom is 0.226 e. The van der Waals surface area contributed by atoms with E-state index in [0.717, 1.165) is 36.4 Å². The molecule has 0 aromatic heterocycles. The normalized spacial score (nSPS) is 25.7. The molecule has 0 saturated carbocycles. The Hall–Kier alpha value is -1.79. The van der Waals surface area contributed by atoms with E-state index >= 15 is 0 Å². The molecule has 0 aliphatic carbocycles. The van der Waals surface area contributed by atoms with E-state index in [0.29, 0.717) is 19.2 Å². The number of nitrogens with zero attached hydrogens (tertiary/aromatic N) is 2. The van der Waals surface area contributed by atoms with Gasteiger partial charge in [0.25, 0.3) is 0 Å². The first kappa shape index (κ1) is 19.0. The SMILES string of the molecule is COc1ccc(CN2CCC(CC3COC(C)(C)N3C)C2=O)c(OC)c1. The Kier molecular flexibility index (Phi) is 5.44. The number of likely N-dealkylation sites (tertiary alicyclic amines) is 1. The Morgan fingerprint density at radius 3 is 2.65 bits per heavy atom. The molecule has 0 bridgehead atoms. The van der Waals surface area contributed by atoms with Crippen LogP contribution in [0.2, 0.25) is 0 Å². The van der Waals surface area contributed by atoms with Gasteiger partial charge in [-0.3, -0.25) is 9.69 Å². The number of hydrogen-bond acceptors (Lipinski definition) is 5. The third kappa shape index (κ3) is 3.67. The Morgan fingerprint density at radius 1 is 1.27 bits per heavy atom. The molecule has 6 nitrogen and oxygen atoms in total. The van der Waals surface area contributed by atoms with Crippen molar-refractivity contribution in [2.45, 2.75) is 45.0 Å². The van der Waals surface area contributed by atoms with Gasteiger partial charge in [0.1, 0.15) is 17.2 Å². The predicted octanol–water partition coefficient (Wildman–Crippen LogP) is 2.51. The molecular weight excluding hydrogens is 332 g/mol. The molecule has 0 spiro atoms. The summed E-state index contributed by atoms with van der Waals surface area (Å²) in [7, 11) is 5.36. The fourth-order valence-corrected chi connectivity index (χ4v) is 3.88. The molecule has 0 N–H and O–H groups in total. The first-order valence-corrected chi connectivity index (χ1v) is 9.22. The van der Waals surface area contributed by atoms with Crippen molar-refractivity contribution < 1.29 is 19.0 Å². The second-order valence-electron chi connectivity index (χ2n) is 7.68. The molecule has 1 aromatic rings. The number of hydrogen-bond donors (Lipinski definition) is 0. The Morgan fingerprint density at radius 2 is 2.04 bits per heavy atom. The lowest BCUT2D eigenvalue weighted by Gasteiger charge is -2.30. The van der Waals surface area contributed by atoms with Crippen LogP contribution in [0.25, 0.3) is 0 Å². The van der Waals surface area contributed by atoms with Gasteiger partial charge in [-0.15, -0.1) is 0 Å². The highest BCUT2D eigenvalue weighted by atomic mass is 16.5. The minimum atomic E-state index is -0.248. The van der Waals surface area contributed by atoms with Crippen LogP contribution >= 0.6 is 0 Å². The number of likely N-dealkylation sites (N-methyl/N-ethyl adjacent to an activating group) is 1. The fourth-order valence-electron chi connectivity index (χ4n) is 3.88. The lowest BCUT2D eigenvalue weighted by Crippen LogP contribution is -2.41. The van der Waals surface area contributed by atoms with E-state index in [1.165, 1.54) is 0 Å². The Bertz CT molecular complexity index is 661. The van der Waals surface area contributed by atoms with Gasteiger partial charge in [-0.1, -0.05) is 0 Å². The van der Waals surface area contributed by atoms with Crippen LogP contribution in [0.1, 0.15) is 32.3 Å². The maximum atomic E-state index is 12.9. The van der Waals surface area contributed by atoms with Gasteiger partial charge < -0.3 is 19.1 Å². The van der Waals surface area contributed by atoms with Crippen LogP contribution < -0.4 is 9.47 Å². The van der Waals surface area contributed by atoms with Crippen molar-refractivity contribution in [3.05, 3.63) is 23.8 Å². The summed E-state index contributed by atoms with van der Waals surface area (Å²) in [4.78, 5) is 17.1. The Labute approximate surface area is 156 Å². The summed E-state index contributed by atoms with van der Waals surface area (Å²) in [5, 5.41) is 0. The van der Waals surface area contributed by atoms with Crippen molar-refractivity contribution >= 4 is 5.91 Å². The molecule has 2 fully saturated rings. The number of ether oxygens (including phenoxy) is 3. The van der Waals surface area contributed by atoms with Gasteiger partial charge in [-0.05, 0) is 45.9 Å². The highest BCUT2D eigenvalue weighted by Crippen LogP contribution is 2.33. The van der Waals surface area contributed by atoms with E-state index in [9.17, 15) is 4.79 Å². The van der Waals surface area contributed by atoms with E-state index in [2.05, 4.69) is 25.8 Å². The second kappa shape index (κ2) is 7.45. The zero-order chi connectivity index (χ0) is 18.9. The highest BCUT2D eigenvalue weighted by molar-refractivity contribution is 5.81. The molecule has 2 aliphatic rings. The lowest BCUT2D eigenvalue weighted by atomic mass is 9.98. The second-order valence-corrected chi connectivity index (χ2v) is 7.68. The van der Waals surface area contributed by atoms with Gasteiger partial charge in [0.2, 0.25) is 5.91 Å². The van der Waals surface area contributed by atoms with Gasteiger partial charge in [0, 0.05) is 36.7 Å². The minimum absolute atomic E-state index is 0.0733. The van der Waals surface area contributed by atoms with Gasteiger partial charge in [0.05, 0.1) is 20.8 Å². The zero-order valence-electron chi connectivity index (χ0n) is 16.4. The molecule has 1 aromatic carbocycles. The summed E-state index contributed by atoms with van der Waals surface area (Å²) in [6.45, 7) is 6.21. The summed E-state index contributed by atoms with van der Waals surface area (Å²) < 4.78 is 16.6. The Balaban J connectivity index is 1.63. The zero-order valence-corrected chi connectivity index (χ0v) is 16.4. The number of carbonyl (C=O) groups is 1. The van der Waals surface area contributed by atoms with Gasteiger partial charge in [-0.25, -0.2) is 0 Å². The molecule has 2 aliphatic heterocycles. The van der Waals surface area contributed by atoms with Crippen molar-refractivity contribution in [2.75, 3.05) is 34.4 Å². The van der Waals surface area contributed by atoms with Crippen LogP contribution in [0.4, 0.5) is 0 Å². The van der Waals surface area contributed by atoms with Crippen LogP contribution in [0.15, 0.2) is 18.2 Å². The molecule has 26 heavy (non-hydrogen) atoms. The fraction of sp³-hybridized carbons (Fsp3) is 0.650. The minimum Gasteiger partial charge on any atom is -0.497 e. The summed E-state index contributed by atoms with van der Waals surface area (Å²) in [6.07, 6.45) is 1.76. The summed E-state index contributed by atoms with van der Waals surface area (Å²) in [5.41, 5.74) is 0.757. The predicted molar refractivity (Wildman–Crippen MR) is 99.3 cm³/mol. The van der Waals surface area contributed by atoms with Gasteiger partial charge >= 0.3 is 0 Å². The molecular formula is C20H30N2O4. The monoisotopic (exact) mass is 362 g/mol. The third-order valence-corrected chi connectivity index (χ3v) is 5.85. The van der Waals surface area contributed by atoms with Crippen molar-refractivity contribution in [1.29, 1.82) is 0 Å². The molecule has 6 heteroatoms. The quantitative estimate of drug-likeness (QED) is 0.778. The van der Waals surface area contributed by atoms with Crippen LogP contribution in [0.5, 0.6) is 11.5 Å². The number of rotatable bonds is 6. The summed E-state index contributed by atoms with van der Waals surface area (Å²) in [6, 6.07) is 6.04. The standard InChI is InChI=1S/C20H30N2O4/c1-20(2)21(3)16(13-26-20)10-14-8-9-22(19(14)23)12-15-6-7-17(24-4)11-18(15)25-5/h6-7,11,14,16H,8-10,12-13H2,1-5H3. The largest absolute Gasteiger partial charge is 0.497 e. The molecule has 1 amide bonds. The average Bonchev–Trinajstić information content (AvgIpc) is 3.10. The van der Waals surface area contributed by atoms with E-state index in [1.807, 2.05) is 23.1 Å². The topological polar surface area (TPSA) is 51.2 Å². The van der Waals surface area contributed by atoms with Gasteiger partial charge in [-0.2, -0.15) is 0 Å². The molecule has 2 atom stereocenters. The van der Waals surface area contributed by atoms with Crippen molar-refractivity contribution in [2.24, 2.45) is 5.92 Å². The third-order valence-electron chi connectivity index (χ3n) is 5.85.